The first kappa shape index (κ1) is 19.5. The minimum absolute atomic E-state index is 0.189. The standard InChI is InChI=1S/C17H24N6O3/c1-2-3-13(17(25)26)14(15-20-22-23-21-15)10-11-4-6-12(7-5-11)16(24)19-9-8-18/h4-7,13-14H,2-3,8-10,18H2,1H3,(H,19,24)(H,25,26)(H,20,21,22,23)/t13-,14-/m0/s1. The number of aromatic nitrogens is 4. The molecule has 0 fully saturated rings. The van der Waals surface area contributed by atoms with Crippen LogP contribution >= 0.6 is 0 Å². The zero-order chi connectivity index (χ0) is 18.9. The first-order chi connectivity index (χ1) is 12.6. The van der Waals surface area contributed by atoms with E-state index >= 15 is 0 Å². The second-order valence-corrected chi connectivity index (χ2v) is 6.06. The lowest BCUT2D eigenvalue weighted by Crippen LogP contribution is -2.29. The summed E-state index contributed by atoms with van der Waals surface area (Å²) in [7, 11) is 0. The van der Waals surface area contributed by atoms with Crippen LogP contribution in [-0.2, 0) is 11.2 Å². The Morgan fingerprint density at radius 2 is 2.04 bits per heavy atom. The van der Waals surface area contributed by atoms with Crippen molar-refractivity contribution < 1.29 is 14.7 Å². The molecule has 0 radical (unpaired) electrons. The molecule has 0 aliphatic carbocycles. The van der Waals surface area contributed by atoms with Crippen LogP contribution in [0.15, 0.2) is 24.3 Å². The number of hydrogen-bond acceptors (Lipinski definition) is 6. The zero-order valence-corrected chi connectivity index (χ0v) is 14.7. The van der Waals surface area contributed by atoms with E-state index in [4.69, 9.17) is 5.73 Å². The van der Waals surface area contributed by atoms with E-state index in [0.717, 1.165) is 12.0 Å². The highest BCUT2D eigenvalue weighted by Gasteiger charge is 2.31. The van der Waals surface area contributed by atoms with Gasteiger partial charge in [0.15, 0.2) is 5.82 Å². The van der Waals surface area contributed by atoms with Crippen molar-refractivity contribution in [3.63, 3.8) is 0 Å². The molecule has 0 aliphatic heterocycles. The molecule has 2 atom stereocenters. The maximum Gasteiger partial charge on any atom is 0.307 e. The van der Waals surface area contributed by atoms with E-state index in [2.05, 4.69) is 25.9 Å². The van der Waals surface area contributed by atoms with Crippen LogP contribution in [-0.4, -0.2) is 50.7 Å². The van der Waals surface area contributed by atoms with E-state index in [1.807, 2.05) is 19.1 Å². The fraction of sp³-hybridized carbons (Fsp3) is 0.471. The van der Waals surface area contributed by atoms with Crippen molar-refractivity contribution in [1.82, 2.24) is 25.9 Å². The van der Waals surface area contributed by atoms with Crippen LogP contribution in [0.5, 0.6) is 0 Å². The number of carbonyl (C=O) groups excluding carboxylic acids is 1. The molecule has 0 saturated carbocycles. The lowest BCUT2D eigenvalue weighted by molar-refractivity contribution is -0.143. The van der Waals surface area contributed by atoms with Crippen molar-refractivity contribution in [2.24, 2.45) is 11.7 Å². The van der Waals surface area contributed by atoms with Gasteiger partial charge in [0.1, 0.15) is 0 Å². The fourth-order valence-corrected chi connectivity index (χ4v) is 2.88. The molecule has 9 nitrogen and oxygen atoms in total. The summed E-state index contributed by atoms with van der Waals surface area (Å²) in [6, 6.07) is 7.05. The Morgan fingerprint density at radius 3 is 2.58 bits per heavy atom. The average Bonchev–Trinajstić information content (AvgIpc) is 3.17. The lowest BCUT2D eigenvalue weighted by Gasteiger charge is -2.21. The molecule has 0 spiro atoms. The summed E-state index contributed by atoms with van der Waals surface area (Å²) < 4.78 is 0. The van der Waals surface area contributed by atoms with Crippen LogP contribution in [0, 0.1) is 5.92 Å². The third-order valence-electron chi connectivity index (χ3n) is 4.20. The number of hydrogen-bond donors (Lipinski definition) is 4. The summed E-state index contributed by atoms with van der Waals surface area (Å²) in [6.07, 6.45) is 1.71. The third-order valence-corrected chi connectivity index (χ3v) is 4.20. The largest absolute Gasteiger partial charge is 0.481 e. The van der Waals surface area contributed by atoms with E-state index in [1.54, 1.807) is 12.1 Å². The molecule has 2 aromatic rings. The van der Waals surface area contributed by atoms with Crippen molar-refractivity contribution in [2.75, 3.05) is 13.1 Å². The number of carboxylic acids is 1. The molecule has 9 heteroatoms. The normalized spacial score (nSPS) is 13.2. The van der Waals surface area contributed by atoms with Gasteiger partial charge in [0.05, 0.1) is 5.92 Å². The predicted molar refractivity (Wildman–Crippen MR) is 94.5 cm³/mol. The van der Waals surface area contributed by atoms with Gasteiger partial charge in [0.25, 0.3) is 5.91 Å². The van der Waals surface area contributed by atoms with Crippen LogP contribution in [0.3, 0.4) is 0 Å². The Kier molecular flexibility index (Phi) is 7.22. The summed E-state index contributed by atoms with van der Waals surface area (Å²) in [5.41, 5.74) is 6.81. The van der Waals surface area contributed by atoms with E-state index in [-0.39, 0.29) is 5.91 Å². The van der Waals surface area contributed by atoms with Gasteiger partial charge < -0.3 is 16.2 Å². The van der Waals surface area contributed by atoms with Crippen molar-refractivity contribution >= 4 is 11.9 Å². The number of benzene rings is 1. The maximum atomic E-state index is 11.9. The van der Waals surface area contributed by atoms with Gasteiger partial charge in [-0.3, -0.25) is 9.59 Å². The Hall–Kier alpha value is -2.81. The quantitative estimate of drug-likeness (QED) is 0.488. The van der Waals surface area contributed by atoms with Gasteiger partial charge in [-0.2, -0.15) is 5.21 Å². The van der Waals surface area contributed by atoms with Gasteiger partial charge in [0, 0.05) is 24.6 Å². The Bertz CT molecular complexity index is 702. The molecule has 5 N–H and O–H groups in total. The molecule has 0 aliphatic rings. The Labute approximate surface area is 151 Å². The van der Waals surface area contributed by atoms with Gasteiger partial charge in [-0.25, -0.2) is 0 Å². The molecule has 0 bridgehead atoms. The minimum Gasteiger partial charge on any atom is -0.481 e. The van der Waals surface area contributed by atoms with E-state index in [9.17, 15) is 14.7 Å². The van der Waals surface area contributed by atoms with Crippen LogP contribution in [0.2, 0.25) is 0 Å². The summed E-state index contributed by atoms with van der Waals surface area (Å²) in [4.78, 5) is 23.6. The van der Waals surface area contributed by atoms with Crippen molar-refractivity contribution in [2.45, 2.75) is 32.1 Å². The maximum absolute atomic E-state index is 11.9. The van der Waals surface area contributed by atoms with Crippen molar-refractivity contribution in [3.05, 3.63) is 41.2 Å². The smallest absolute Gasteiger partial charge is 0.307 e. The molecule has 140 valence electrons. The van der Waals surface area contributed by atoms with Crippen molar-refractivity contribution in [1.29, 1.82) is 0 Å². The highest BCUT2D eigenvalue weighted by molar-refractivity contribution is 5.94. The molecule has 0 unspecified atom stereocenters. The van der Waals surface area contributed by atoms with Crippen molar-refractivity contribution in [3.8, 4) is 0 Å². The van der Waals surface area contributed by atoms with E-state index < -0.39 is 17.8 Å². The molecular formula is C17H24N6O3. The predicted octanol–water partition coefficient (Wildman–Crippen LogP) is 0.715. The fourth-order valence-electron chi connectivity index (χ4n) is 2.88. The molecule has 1 amide bonds. The van der Waals surface area contributed by atoms with E-state index in [1.165, 1.54) is 0 Å². The van der Waals surface area contributed by atoms with Gasteiger partial charge in [0.2, 0.25) is 0 Å². The summed E-state index contributed by atoms with van der Waals surface area (Å²) in [6.45, 7) is 2.74. The molecular weight excluding hydrogens is 336 g/mol. The van der Waals surface area contributed by atoms with Gasteiger partial charge in [-0.05, 0) is 30.5 Å². The van der Waals surface area contributed by atoms with E-state index in [0.29, 0.717) is 37.3 Å². The first-order valence-electron chi connectivity index (χ1n) is 8.60. The summed E-state index contributed by atoms with van der Waals surface area (Å²) in [5.74, 6) is -1.69. The number of carboxylic acid groups (broad SMARTS) is 1. The number of rotatable bonds is 10. The minimum atomic E-state index is -0.876. The number of H-pyrrole nitrogens is 1. The number of aromatic amines is 1. The van der Waals surface area contributed by atoms with Gasteiger partial charge in [-0.1, -0.05) is 30.7 Å². The second kappa shape index (κ2) is 9.62. The van der Waals surface area contributed by atoms with Gasteiger partial charge >= 0.3 is 5.97 Å². The lowest BCUT2D eigenvalue weighted by atomic mass is 9.83. The molecule has 1 aromatic heterocycles. The van der Waals surface area contributed by atoms with Crippen LogP contribution in [0.1, 0.15) is 47.4 Å². The number of nitrogens with two attached hydrogens (primary N) is 1. The third kappa shape index (κ3) is 5.09. The second-order valence-electron chi connectivity index (χ2n) is 6.06. The zero-order valence-electron chi connectivity index (χ0n) is 14.7. The number of amides is 1. The topological polar surface area (TPSA) is 147 Å². The monoisotopic (exact) mass is 360 g/mol. The highest BCUT2D eigenvalue weighted by Crippen LogP contribution is 2.29. The molecule has 0 saturated heterocycles. The molecule has 1 aromatic carbocycles. The molecule has 1 heterocycles. The SMILES string of the molecule is CCC[C@H](C(=O)O)[C@H](Cc1ccc(C(=O)NCCN)cc1)c1nn[nH]n1. The number of tetrazole rings is 1. The number of carbonyl (C=O) groups is 2. The number of aliphatic carboxylic acids is 1. The number of nitrogens with zero attached hydrogens (tertiary/aromatic N) is 3. The first-order valence-corrected chi connectivity index (χ1v) is 8.60. The molecule has 26 heavy (non-hydrogen) atoms. The summed E-state index contributed by atoms with van der Waals surface area (Å²) >= 11 is 0. The highest BCUT2D eigenvalue weighted by atomic mass is 16.4. The van der Waals surface area contributed by atoms with Crippen LogP contribution in [0.4, 0.5) is 0 Å². The summed E-state index contributed by atoms with van der Waals surface area (Å²) in [5, 5.41) is 26.2. The Balaban J connectivity index is 2.17. The van der Waals surface area contributed by atoms with Crippen LogP contribution < -0.4 is 11.1 Å². The Morgan fingerprint density at radius 1 is 1.31 bits per heavy atom. The van der Waals surface area contributed by atoms with Gasteiger partial charge in [-0.15, -0.1) is 10.2 Å². The number of nitrogens with one attached hydrogen (secondary N) is 2. The van der Waals surface area contributed by atoms with Crippen LogP contribution in [0.25, 0.3) is 0 Å². The average molecular weight is 360 g/mol. The molecule has 2 rings (SSSR count).